The van der Waals surface area contributed by atoms with E-state index < -0.39 is 74.6 Å². The first kappa shape index (κ1) is 18.9. The van der Waals surface area contributed by atoms with E-state index in [-0.39, 0.29) is 0 Å². The number of aliphatic hydroxyl groups is 8. The second-order valence-electron chi connectivity index (χ2n) is 5.57. The molecule has 11 nitrogen and oxygen atoms in total. The highest BCUT2D eigenvalue weighted by Gasteiger charge is 2.46. The summed E-state index contributed by atoms with van der Waals surface area (Å²) >= 11 is 0. The van der Waals surface area contributed by atoms with Gasteiger partial charge in [-0.15, -0.1) is 0 Å². The first-order valence-electron chi connectivity index (χ1n) is 7.07. The summed E-state index contributed by atoms with van der Waals surface area (Å²) in [6.07, 6.45) is -15.3. The van der Waals surface area contributed by atoms with Crippen LogP contribution < -0.4 is 0 Å². The number of aliphatic hydroxyl groups excluding tert-OH is 8. The SMILES string of the molecule is OCC1O[C@H](OCC2OC(O)[C@H](O)C(O)[C@@H]2O)[C@H](O)C(O)[C@@H]1O. The van der Waals surface area contributed by atoms with Gasteiger partial charge in [0, 0.05) is 0 Å². The zero-order valence-corrected chi connectivity index (χ0v) is 12.0. The number of ether oxygens (including phenoxy) is 3. The highest BCUT2D eigenvalue weighted by molar-refractivity contribution is 4.91. The van der Waals surface area contributed by atoms with Crippen molar-refractivity contribution in [1.29, 1.82) is 0 Å². The summed E-state index contributed by atoms with van der Waals surface area (Å²) in [7, 11) is 0. The molecular formula is C12H22O11. The average Bonchev–Trinajstić information content (AvgIpc) is 2.54. The fraction of sp³-hybridized carbons (Fsp3) is 1.00. The standard InChI is InChI=1S/C12H22O11/c13-1-3-5(14)8(17)10(19)12(23-3)21-2-4-6(15)7(16)9(18)11(20)22-4/h3-20H,1-2H2/t3?,4?,5-,6-,7?,8?,9-,10-,11?,12+/m1/s1. The molecular weight excluding hydrogens is 320 g/mol. The van der Waals surface area contributed by atoms with Crippen molar-refractivity contribution in [3.8, 4) is 0 Å². The van der Waals surface area contributed by atoms with E-state index in [1.807, 2.05) is 0 Å². The van der Waals surface area contributed by atoms with Crippen LogP contribution in [0.4, 0.5) is 0 Å². The van der Waals surface area contributed by atoms with Crippen LogP contribution in [0.15, 0.2) is 0 Å². The van der Waals surface area contributed by atoms with Gasteiger partial charge in [-0.05, 0) is 0 Å². The Labute approximate surface area is 130 Å². The third kappa shape index (κ3) is 3.81. The number of rotatable bonds is 4. The minimum absolute atomic E-state index is 0.468. The minimum Gasteiger partial charge on any atom is -0.394 e. The first-order chi connectivity index (χ1) is 10.8. The lowest BCUT2D eigenvalue weighted by Crippen LogP contribution is -2.61. The Bertz CT molecular complexity index is 380. The minimum atomic E-state index is -1.74. The zero-order valence-electron chi connectivity index (χ0n) is 12.0. The van der Waals surface area contributed by atoms with E-state index in [1.165, 1.54) is 0 Å². The summed E-state index contributed by atoms with van der Waals surface area (Å²) in [4.78, 5) is 0. The molecule has 11 heteroatoms. The van der Waals surface area contributed by atoms with Crippen molar-refractivity contribution in [3.63, 3.8) is 0 Å². The van der Waals surface area contributed by atoms with Crippen molar-refractivity contribution in [2.75, 3.05) is 13.2 Å². The predicted molar refractivity (Wildman–Crippen MR) is 68.6 cm³/mol. The van der Waals surface area contributed by atoms with E-state index in [0.717, 1.165) is 0 Å². The van der Waals surface area contributed by atoms with Gasteiger partial charge in [0.15, 0.2) is 12.6 Å². The molecule has 136 valence electrons. The van der Waals surface area contributed by atoms with Gasteiger partial charge < -0.3 is 55.1 Å². The van der Waals surface area contributed by atoms with Gasteiger partial charge in [-0.3, -0.25) is 0 Å². The lowest BCUT2D eigenvalue weighted by atomic mass is 9.98. The number of hydrogen-bond acceptors (Lipinski definition) is 11. The van der Waals surface area contributed by atoms with Crippen LogP contribution >= 0.6 is 0 Å². The molecule has 0 radical (unpaired) electrons. The summed E-state index contributed by atoms with van der Waals surface area (Å²) in [5.41, 5.74) is 0. The molecule has 0 spiro atoms. The van der Waals surface area contributed by atoms with Crippen LogP contribution in [0.2, 0.25) is 0 Å². The molecule has 0 amide bonds. The molecule has 23 heavy (non-hydrogen) atoms. The first-order valence-corrected chi connectivity index (χ1v) is 7.07. The van der Waals surface area contributed by atoms with Crippen molar-refractivity contribution in [1.82, 2.24) is 0 Å². The topological polar surface area (TPSA) is 190 Å². The lowest BCUT2D eigenvalue weighted by Gasteiger charge is -2.41. The van der Waals surface area contributed by atoms with Crippen LogP contribution in [0.5, 0.6) is 0 Å². The monoisotopic (exact) mass is 342 g/mol. The van der Waals surface area contributed by atoms with E-state index in [9.17, 15) is 35.7 Å². The Morgan fingerprint density at radius 1 is 0.652 bits per heavy atom. The van der Waals surface area contributed by atoms with E-state index in [4.69, 9.17) is 19.3 Å². The summed E-state index contributed by atoms with van der Waals surface area (Å²) in [6.45, 7) is -1.10. The quantitative estimate of drug-likeness (QED) is 0.243. The average molecular weight is 342 g/mol. The van der Waals surface area contributed by atoms with Gasteiger partial charge in [-0.1, -0.05) is 0 Å². The van der Waals surface area contributed by atoms with Crippen LogP contribution in [-0.2, 0) is 14.2 Å². The van der Waals surface area contributed by atoms with E-state index in [2.05, 4.69) is 0 Å². The van der Waals surface area contributed by atoms with Crippen LogP contribution in [0.3, 0.4) is 0 Å². The Kier molecular flexibility index (Phi) is 6.27. The third-order valence-corrected chi connectivity index (χ3v) is 3.96. The maximum atomic E-state index is 9.78. The normalized spacial score (nSPS) is 51.7. The van der Waals surface area contributed by atoms with Crippen LogP contribution in [-0.4, -0.2) is 115 Å². The van der Waals surface area contributed by atoms with E-state index in [0.29, 0.717) is 0 Å². The third-order valence-electron chi connectivity index (χ3n) is 3.96. The van der Waals surface area contributed by atoms with Gasteiger partial charge in [-0.2, -0.15) is 0 Å². The second-order valence-corrected chi connectivity index (χ2v) is 5.57. The Morgan fingerprint density at radius 2 is 1.22 bits per heavy atom. The summed E-state index contributed by atoms with van der Waals surface area (Å²) in [5, 5.41) is 76.1. The smallest absolute Gasteiger partial charge is 0.186 e. The van der Waals surface area contributed by atoms with Gasteiger partial charge in [0.1, 0.15) is 48.8 Å². The molecule has 2 aliphatic heterocycles. The van der Waals surface area contributed by atoms with Crippen molar-refractivity contribution in [3.05, 3.63) is 0 Å². The van der Waals surface area contributed by atoms with E-state index in [1.54, 1.807) is 0 Å². The van der Waals surface area contributed by atoms with E-state index >= 15 is 0 Å². The van der Waals surface area contributed by atoms with Crippen LogP contribution in [0, 0.1) is 0 Å². The predicted octanol–water partition coefficient (Wildman–Crippen LogP) is -5.40. The molecule has 0 saturated carbocycles. The highest BCUT2D eigenvalue weighted by Crippen LogP contribution is 2.24. The molecule has 2 saturated heterocycles. The van der Waals surface area contributed by atoms with Gasteiger partial charge in [0.05, 0.1) is 13.2 Å². The fourth-order valence-corrected chi connectivity index (χ4v) is 2.46. The molecule has 0 aromatic rings. The maximum absolute atomic E-state index is 9.78. The molecule has 2 fully saturated rings. The largest absolute Gasteiger partial charge is 0.394 e. The van der Waals surface area contributed by atoms with Crippen molar-refractivity contribution in [2.24, 2.45) is 0 Å². The van der Waals surface area contributed by atoms with Gasteiger partial charge in [0.25, 0.3) is 0 Å². The van der Waals surface area contributed by atoms with Crippen molar-refractivity contribution in [2.45, 2.75) is 61.4 Å². The maximum Gasteiger partial charge on any atom is 0.186 e. The van der Waals surface area contributed by atoms with Crippen molar-refractivity contribution >= 4 is 0 Å². The fourth-order valence-electron chi connectivity index (χ4n) is 2.46. The van der Waals surface area contributed by atoms with Crippen LogP contribution in [0.25, 0.3) is 0 Å². The highest BCUT2D eigenvalue weighted by atomic mass is 16.7. The lowest BCUT2D eigenvalue weighted by molar-refractivity contribution is -0.325. The molecule has 2 heterocycles. The molecule has 2 aliphatic rings. The number of hydrogen-bond donors (Lipinski definition) is 8. The van der Waals surface area contributed by atoms with Crippen LogP contribution in [0.1, 0.15) is 0 Å². The molecule has 8 N–H and O–H groups in total. The zero-order chi connectivity index (χ0) is 17.3. The molecule has 5 unspecified atom stereocenters. The summed E-state index contributed by atoms with van der Waals surface area (Å²) in [5.74, 6) is 0. The molecule has 0 bridgehead atoms. The molecule has 0 aromatic heterocycles. The Morgan fingerprint density at radius 3 is 1.83 bits per heavy atom. The van der Waals surface area contributed by atoms with Crippen molar-refractivity contribution < 1.29 is 55.1 Å². The Hall–Kier alpha value is -0.440. The van der Waals surface area contributed by atoms with Gasteiger partial charge in [-0.25, -0.2) is 0 Å². The van der Waals surface area contributed by atoms with Gasteiger partial charge in [0.2, 0.25) is 0 Å². The van der Waals surface area contributed by atoms with Gasteiger partial charge >= 0.3 is 0 Å². The summed E-state index contributed by atoms with van der Waals surface area (Å²) < 4.78 is 15.1. The molecule has 2 rings (SSSR count). The molecule has 0 aromatic carbocycles. The molecule has 10 atom stereocenters. The molecule has 0 aliphatic carbocycles. The second kappa shape index (κ2) is 7.63. The summed E-state index contributed by atoms with van der Waals surface area (Å²) in [6, 6.07) is 0. The Balaban J connectivity index is 1.94.